The van der Waals surface area contributed by atoms with Gasteiger partial charge >= 0.3 is 0 Å². The quantitative estimate of drug-likeness (QED) is 0.690. The number of fused-ring (bicyclic) bond motifs is 1. The fourth-order valence-corrected chi connectivity index (χ4v) is 4.12. The molecule has 0 aliphatic carbocycles. The number of likely N-dealkylation sites (tertiary alicyclic amines) is 1. The molecule has 6 heteroatoms. The summed E-state index contributed by atoms with van der Waals surface area (Å²) in [6.07, 6.45) is 5.52. The number of aromatic nitrogens is 1. The lowest BCUT2D eigenvalue weighted by Gasteiger charge is -2.36. The number of rotatable bonds is 4. The van der Waals surface area contributed by atoms with E-state index in [4.69, 9.17) is 16.0 Å². The average molecular weight is 398 g/mol. The number of nitrogens with one attached hydrogen (secondary N) is 1. The summed E-state index contributed by atoms with van der Waals surface area (Å²) in [5, 5.41) is 4.67. The van der Waals surface area contributed by atoms with Crippen molar-refractivity contribution in [2.45, 2.75) is 38.8 Å². The number of hydrogen-bond donors (Lipinski definition) is 1. The highest BCUT2D eigenvalue weighted by Gasteiger charge is 2.26. The molecule has 1 N–H and O–H groups in total. The highest BCUT2D eigenvalue weighted by molar-refractivity contribution is 6.31. The van der Waals surface area contributed by atoms with Gasteiger partial charge in [-0.2, -0.15) is 0 Å². The van der Waals surface area contributed by atoms with Crippen molar-refractivity contribution < 1.29 is 9.21 Å². The van der Waals surface area contributed by atoms with E-state index >= 15 is 0 Å². The number of hydrogen-bond acceptors (Lipinski definition) is 4. The molecule has 0 radical (unpaired) electrons. The Labute approximate surface area is 169 Å². The molecule has 1 saturated heterocycles. The first-order valence-corrected chi connectivity index (χ1v) is 10.0. The molecule has 1 aromatic carbocycles. The van der Waals surface area contributed by atoms with E-state index in [-0.39, 0.29) is 11.9 Å². The standard InChI is InChI=1S/C22H24ClN3O2/c1-14-19-13-17(23)3-4-20(19)28-21(14)22(27)25-18-7-11-26(12-8-18)15(2)16-5-9-24-10-6-16/h3-6,9-10,13,15,18H,7-8,11-12H2,1-2H3,(H,25,27)/t15-/m1/s1. The summed E-state index contributed by atoms with van der Waals surface area (Å²) in [4.78, 5) is 19.3. The summed E-state index contributed by atoms with van der Waals surface area (Å²) < 4.78 is 5.79. The maximum absolute atomic E-state index is 12.8. The Morgan fingerprint density at radius 3 is 2.68 bits per heavy atom. The summed E-state index contributed by atoms with van der Waals surface area (Å²) >= 11 is 6.07. The lowest BCUT2D eigenvalue weighted by atomic mass is 10.0. The van der Waals surface area contributed by atoms with Crippen LogP contribution in [-0.4, -0.2) is 34.9 Å². The van der Waals surface area contributed by atoms with E-state index in [0.717, 1.165) is 36.9 Å². The van der Waals surface area contributed by atoms with Crippen molar-refractivity contribution in [3.8, 4) is 0 Å². The zero-order chi connectivity index (χ0) is 19.7. The molecule has 1 aliphatic heterocycles. The first-order chi connectivity index (χ1) is 13.5. The Morgan fingerprint density at radius 1 is 1.25 bits per heavy atom. The topological polar surface area (TPSA) is 58.4 Å². The number of carbonyl (C=O) groups excluding carboxylic acids is 1. The van der Waals surface area contributed by atoms with Crippen LogP contribution in [0, 0.1) is 6.92 Å². The third kappa shape index (κ3) is 3.77. The second-order valence-corrected chi connectivity index (χ2v) is 7.87. The number of benzene rings is 1. The molecule has 0 spiro atoms. The second-order valence-electron chi connectivity index (χ2n) is 7.44. The summed E-state index contributed by atoms with van der Waals surface area (Å²) in [6.45, 7) is 6.01. The molecule has 0 bridgehead atoms. The van der Waals surface area contributed by atoms with Gasteiger partial charge in [0, 0.05) is 53.5 Å². The van der Waals surface area contributed by atoms with Crippen LogP contribution in [0.3, 0.4) is 0 Å². The number of amides is 1. The lowest BCUT2D eigenvalue weighted by molar-refractivity contribution is 0.0870. The summed E-state index contributed by atoms with van der Waals surface area (Å²) in [6, 6.07) is 10.1. The van der Waals surface area contributed by atoms with Gasteiger partial charge in [-0.1, -0.05) is 11.6 Å². The molecule has 1 amide bonds. The highest BCUT2D eigenvalue weighted by Crippen LogP contribution is 2.28. The molecule has 1 fully saturated rings. The Hall–Kier alpha value is -2.37. The molecule has 1 aliphatic rings. The fourth-order valence-electron chi connectivity index (χ4n) is 3.94. The molecule has 0 unspecified atom stereocenters. The van der Waals surface area contributed by atoms with E-state index in [2.05, 4.69) is 34.3 Å². The van der Waals surface area contributed by atoms with Gasteiger partial charge in [0.1, 0.15) is 5.58 Å². The van der Waals surface area contributed by atoms with Crippen LogP contribution in [0.1, 0.15) is 47.5 Å². The van der Waals surface area contributed by atoms with Crippen LogP contribution in [0.2, 0.25) is 5.02 Å². The van der Waals surface area contributed by atoms with Gasteiger partial charge in [-0.25, -0.2) is 0 Å². The predicted molar refractivity (Wildman–Crippen MR) is 111 cm³/mol. The molecular weight excluding hydrogens is 374 g/mol. The largest absolute Gasteiger partial charge is 0.451 e. The first kappa shape index (κ1) is 19.0. The number of aryl methyl sites for hydroxylation is 1. The Morgan fingerprint density at radius 2 is 1.96 bits per heavy atom. The molecule has 4 rings (SSSR count). The van der Waals surface area contributed by atoms with Crippen molar-refractivity contribution in [3.05, 3.63) is 64.6 Å². The predicted octanol–water partition coefficient (Wildman–Crippen LogP) is 4.75. The monoisotopic (exact) mass is 397 g/mol. The van der Waals surface area contributed by atoms with Gasteiger partial charge in [0.2, 0.25) is 0 Å². The van der Waals surface area contributed by atoms with E-state index in [9.17, 15) is 4.79 Å². The molecule has 146 valence electrons. The van der Waals surface area contributed by atoms with E-state index in [0.29, 0.717) is 22.4 Å². The van der Waals surface area contributed by atoms with Crippen LogP contribution >= 0.6 is 11.6 Å². The minimum absolute atomic E-state index is 0.148. The van der Waals surface area contributed by atoms with Gasteiger partial charge in [-0.05, 0) is 62.6 Å². The summed E-state index contributed by atoms with van der Waals surface area (Å²) in [7, 11) is 0. The second kappa shape index (κ2) is 7.94. The van der Waals surface area contributed by atoms with Crippen LogP contribution < -0.4 is 5.32 Å². The van der Waals surface area contributed by atoms with Crippen molar-refractivity contribution in [2.75, 3.05) is 13.1 Å². The van der Waals surface area contributed by atoms with E-state index in [1.807, 2.05) is 25.4 Å². The van der Waals surface area contributed by atoms with Crippen molar-refractivity contribution in [3.63, 3.8) is 0 Å². The van der Waals surface area contributed by atoms with Crippen LogP contribution in [0.4, 0.5) is 0 Å². The van der Waals surface area contributed by atoms with Gasteiger partial charge < -0.3 is 9.73 Å². The van der Waals surface area contributed by atoms with Crippen molar-refractivity contribution in [1.82, 2.24) is 15.2 Å². The molecule has 5 nitrogen and oxygen atoms in total. The van der Waals surface area contributed by atoms with Crippen LogP contribution in [0.15, 0.2) is 47.1 Å². The Kier molecular flexibility index (Phi) is 5.38. The van der Waals surface area contributed by atoms with Gasteiger partial charge in [-0.3, -0.25) is 14.7 Å². The number of pyridine rings is 1. The van der Waals surface area contributed by atoms with Crippen LogP contribution in [0.5, 0.6) is 0 Å². The number of carbonyl (C=O) groups is 1. The Balaban J connectivity index is 1.38. The molecule has 3 aromatic rings. The SMILES string of the molecule is Cc1c(C(=O)NC2CCN([C@H](C)c3ccncc3)CC2)oc2ccc(Cl)cc12. The maximum atomic E-state index is 12.8. The molecule has 3 heterocycles. The smallest absolute Gasteiger partial charge is 0.287 e. The van der Waals surface area contributed by atoms with Crippen molar-refractivity contribution >= 4 is 28.5 Å². The van der Waals surface area contributed by atoms with Gasteiger partial charge in [0.05, 0.1) is 0 Å². The van der Waals surface area contributed by atoms with Crippen LogP contribution in [-0.2, 0) is 0 Å². The number of piperidine rings is 1. The third-order valence-corrected chi connectivity index (χ3v) is 5.94. The minimum atomic E-state index is -0.148. The number of furan rings is 1. The van der Waals surface area contributed by atoms with Crippen LogP contribution in [0.25, 0.3) is 11.0 Å². The summed E-state index contributed by atoms with van der Waals surface area (Å²) in [5.41, 5.74) is 2.79. The maximum Gasteiger partial charge on any atom is 0.287 e. The van der Waals surface area contributed by atoms with Gasteiger partial charge in [0.15, 0.2) is 5.76 Å². The molecule has 0 saturated carbocycles. The highest BCUT2D eigenvalue weighted by atomic mass is 35.5. The zero-order valence-corrected chi connectivity index (χ0v) is 16.9. The van der Waals surface area contributed by atoms with E-state index < -0.39 is 0 Å². The average Bonchev–Trinajstić information content (AvgIpc) is 3.05. The Bertz CT molecular complexity index is 978. The number of nitrogens with zero attached hydrogens (tertiary/aromatic N) is 2. The van der Waals surface area contributed by atoms with Gasteiger partial charge in [-0.15, -0.1) is 0 Å². The van der Waals surface area contributed by atoms with E-state index in [1.54, 1.807) is 12.1 Å². The van der Waals surface area contributed by atoms with Crippen molar-refractivity contribution in [1.29, 1.82) is 0 Å². The third-order valence-electron chi connectivity index (χ3n) is 5.71. The van der Waals surface area contributed by atoms with E-state index in [1.165, 1.54) is 5.56 Å². The molecule has 1 atom stereocenters. The summed E-state index contributed by atoms with van der Waals surface area (Å²) in [5.74, 6) is 0.232. The number of halogens is 1. The first-order valence-electron chi connectivity index (χ1n) is 9.66. The lowest BCUT2D eigenvalue weighted by Crippen LogP contribution is -2.45. The molecule has 2 aromatic heterocycles. The zero-order valence-electron chi connectivity index (χ0n) is 16.1. The van der Waals surface area contributed by atoms with Crippen molar-refractivity contribution in [2.24, 2.45) is 0 Å². The molecule has 28 heavy (non-hydrogen) atoms. The van der Waals surface area contributed by atoms with Gasteiger partial charge in [0.25, 0.3) is 5.91 Å². The molecular formula is C22H24ClN3O2. The normalized spacial score (nSPS) is 17.0. The fraction of sp³-hybridized carbons (Fsp3) is 0.364. The minimum Gasteiger partial charge on any atom is -0.451 e.